The molecular weight excluding hydrogens is 697 g/mol. The lowest BCUT2D eigenvalue weighted by Gasteiger charge is -2.18. The van der Waals surface area contributed by atoms with Crippen molar-refractivity contribution in [3.05, 3.63) is 0 Å². The maximum Gasteiger partial charge on any atom is 0.306 e. The predicted molar refractivity (Wildman–Crippen MR) is 238 cm³/mol. The van der Waals surface area contributed by atoms with E-state index >= 15 is 0 Å². The molecule has 0 aliphatic carbocycles. The first-order valence-electron chi connectivity index (χ1n) is 24.8. The Morgan fingerprint density at radius 3 is 1.02 bits per heavy atom. The van der Waals surface area contributed by atoms with Crippen LogP contribution in [0.2, 0.25) is 0 Å². The highest BCUT2D eigenvalue weighted by molar-refractivity contribution is 5.71. The average molecular weight is 793 g/mol. The molecule has 0 amide bonds. The number of unbranched alkanes of at least 4 members (excludes halogenated alkanes) is 28. The summed E-state index contributed by atoms with van der Waals surface area (Å²) in [6, 6.07) is 0. The molecule has 0 spiro atoms. The molecule has 2 atom stereocenters. The Morgan fingerprint density at radius 2 is 0.679 bits per heavy atom. The molecule has 0 aliphatic rings. The molecule has 0 radical (unpaired) electrons. The second-order valence-electron chi connectivity index (χ2n) is 17.8. The molecule has 0 N–H and O–H groups in total. The van der Waals surface area contributed by atoms with E-state index in [1.807, 2.05) is 0 Å². The van der Waals surface area contributed by atoms with E-state index in [2.05, 4.69) is 34.6 Å². The first-order valence-corrected chi connectivity index (χ1v) is 24.8. The highest BCUT2D eigenvalue weighted by atomic mass is 16.6. The van der Waals surface area contributed by atoms with Gasteiger partial charge in [-0.1, -0.05) is 234 Å². The normalized spacial score (nSPS) is 12.5. The van der Waals surface area contributed by atoms with Crippen LogP contribution in [0.15, 0.2) is 0 Å². The summed E-state index contributed by atoms with van der Waals surface area (Å²) in [5.41, 5.74) is 0. The number of hydrogen-bond donors (Lipinski definition) is 0. The van der Waals surface area contributed by atoms with Crippen LogP contribution in [-0.2, 0) is 28.6 Å². The first kappa shape index (κ1) is 54.4. The Bertz CT molecular complexity index is 856. The smallest absolute Gasteiger partial charge is 0.306 e. The lowest BCUT2D eigenvalue weighted by atomic mass is 9.99. The van der Waals surface area contributed by atoms with Crippen molar-refractivity contribution in [1.29, 1.82) is 0 Å². The Hall–Kier alpha value is -1.59. The van der Waals surface area contributed by atoms with Crippen molar-refractivity contribution in [3.8, 4) is 0 Å². The van der Waals surface area contributed by atoms with Crippen LogP contribution < -0.4 is 0 Å². The summed E-state index contributed by atoms with van der Waals surface area (Å²) < 4.78 is 16.8. The molecule has 0 saturated heterocycles. The van der Waals surface area contributed by atoms with Gasteiger partial charge in [-0.2, -0.15) is 0 Å². The largest absolute Gasteiger partial charge is 0.462 e. The SMILES string of the molecule is CCCCCCCCCCCCCCCCC(=O)OC[C@H](COC(=O)CCCCCCCCCCCC(C)C)OC(=O)CCCCCCCCCCC(C)CC. The van der Waals surface area contributed by atoms with E-state index < -0.39 is 6.10 Å². The maximum atomic E-state index is 12.7. The minimum Gasteiger partial charge on any atom is -0.462 e. The standard InChI is InChI=1S/C50H96O6/c1-6-8-9-10-11-12-13-14-15-16-19-25-30-35-40-48(51)54-43-47(56-50(53)42-37-32-27-22-21-24-29-34-39-46(5)7-2)44-55-49(52)41-36-31-26-20-17-18-23-28-33-38-45(3)4/h45-47H,6-44H2,1-5H3/t46?,47-/m1/s1. The fourth-order valence-corrected chi connectivity index (χ4v) is 7.43. The lowest BCUT2D eigenvalue weighted by Crippen LogP contribution is -2.30. The van der Waals surface area contributed by atoms with Crippen molar-refractivity contribution in [2.24, 2.45) is 11.8 Å². The average Bonchev–Trinajstić information content (AvgIpc) is 3.18. The van der Waals surface area contributed by atoms with Gasteiger partial charge in [-0.25, -0.2) is 0 Å². The van der Waals surface area contributed by atoms with E-state index in [9.17, 15) is 14.4 Å². The topological polar surface area (TPSA) is 78.9 Å². The van der Waals surface area contributed by atoms with Crippen molar-refractivity contribution in [1.82, 2.24) is 0 Å². The van der Waals surface area contributed by atoms with Crippen molar-refractivity contribution in [3.63, 3.8) is 0 Å². The Morgan fingerprint density at radius 1 is 0.375 bits per heavy atom. The zero-order chi connectivity index (χ0) is 41.2. The molecule has 0 saturated carbocycles. The van der Waals surface area contributed by atoms with Gasteiger partial charge in [0.05, 0.1) is 0 Å². The van der Waals surface area contributed by atoms with Crippen molar-refractivity contribution in [2.45, 2.75) is 278 Å². The second kappa shape index (κ2) is 43.0. The summed E-state index contributed by atoms with van der Waals surface area (Å²) in [5, 5.41) is 0. The molecule has 0 aliphatic heterocycles. The van der Waals surface area contributed by atoms with Crippen LogP contribution in [-0.4, -0.2) is 37.2 Å². The maximum absolute atomic E-state index is 12.7. The van der Waals surface area contributed by atoms with Crippen LogP contribution in [0.4, 0.5) is 0 Å². The Kier molecular flexibility index (Phi) is 41.8. The summed E-state index contributed by atoms with van der Waals surface area (Å²) in [4.78, 5) is 37.8. The van der Waals surface area contributed by atoms with Gasteiger partial charge in [-0.15, -0.1) is 0 Å². The number of rotatable bonds is 44. The molecular formula is C50H96O6. The molecule has 0 bridgehead atoms. The van der Waals surface area contributed by atoms with Gasteiger partial charge in [0.25, 0.3) is 0 Å². The minimum atomic E-state index is -0.761. The summed E-state index contributed by atoms with van der Waals surface area (Å²) in [5.74, 6) is 0.800. The molecule has 6 heteroatoms. The van der Waals surface area contributed by atoms with E-state index in [4.69, 9.17) is 14.2 Å². The predicted octanol–water partition coefficient (Wildman–Crippen LogP) is 15.8. The van der Waals surface area contributed by atoms with Crippen molar-refractivity contribution in [2.75, 3.05) is 13.2 Å². The van der Waals surface area contributed by atoms with Crippen LogP contribution in [0.3, 0.4) is 0 Å². The van der Waals surface area contributed by atoms with Gasteiger partial charge in [0.2, 0.25) is 0 Å². The van der Waals surface area contributed by atoms with Gasteiger partial charge in [-0.3, -0.25) is 14.4 Å². The minimum absolute atomic E-state index is 0.0645. The fraction of sp³-hybridized carbons (Fsp3) is 0.940. The van der Waals surface area contributed by atoms with Gasteiger partial charge in [0.1, 0.15) is 13.2 Å². The highest BCUT2D eigenvalue weighted by Crippen LogP contribution is 2.17. The zero-order valence-electron chi connectivity index (χ0n) is 38.3. The molecule has 0 aromatic rings. The van der Waals surface area contributed by atoms with E-state index in [0.717, 1.165) is 69.6 Å². The second-order valence-corrected chi connectivity index (χ2v) is 17.8. The third-order valence-electron chi connectivity index (χ3n) is 11.6. The molecule has 6 nitrogen and oxygen atoms in total. The zero-order valence-corrected chi connectivity index (χ0v) is 38.3. The quantitative estimate of drug-likeness (QED) is 0.0347. The Labute approximate surface area is 348 Å². The van der Waals surface area contributed by atoms with Crippen LogP contribution >= 0.6 is 0 Å². The molecule has 56 heavy (non-hydrogen) atoms. The first-order chi connectivity index (χ1) is 27.3. The van der Waals surface area contributed by atoms with Gasteiger partial charge >= 0.3 is 17.9 Å². The molecule has 0 aromatic carbocycles. The number of esters is 3. The van der Waals surface area contributed by atoms with Gasteiger partial charge < -0.3 is 14.2 Å². The van der Waals surface area contributed by atoms with Crippen LogP contribution in [0.5, 0.6) is 0 Å². The van der Waals surface area contributed by atoms with Gasteiger partial charge in [0.15, 0.2) is 6.10 Å². The van der Waals surface area contributed by atoms with E-state index in [1.54, 1.807) is 0 Å². The van der Waals surface area contributed by atoms with E-state index in [0.29, 0.717) is 19.3 Å². The van der Waals surface area contributed by atoms with Crippen LogP contribution in [0.1, 0.15) is 272 Å². The Balaban J connectivity index is 4.33. The number of hydrogen-bond acceptors (Lipinski definition) is 6. The molecule has 0 rings (SSSR count). The molecule has 332 valence electrons. The molecule has 0 fully saturated rings. The van der Waals surface area contributed by atoms with Crippen molar-refractivity contribution < 1.29 is 28.6 Å². The van der Waals surface area contributed by atoms with E-state index in [-0.39, 0.29) is 31.1 Å². The third kappa shape index (κ3) is 42.0. The summed E-state index contributed by atoms with van der Waals surface area (Å²) in [6.45, 7) is 11.3. The van der Waals surface area contributed by atoms with Gasteiger partial charge in [0, 0.05) is 19.3 Å². The fourth-order valence-electron chi connectivity index (χ4n) is 7.43. The van der Waals surface area contributed by atoms with Crippen LogP contribution in [0, 0.1) is 11.8 Å². The van der Waals surface area contributed by atoms with Crippen molar-refractivity contribution >= 4 is 17.9 Å². The molecule has 1 unspecified atom stereocenters. The molecule has 0 heterocycles. The monoisotopic (exact) mass is 793 g/mol. The summed E-state index contributed by atoms with van der Waals surface area (Å²) in [7, 11) is 0. The van der Waals surface area contributed by atoms with E-state index in [1.165, 1.54) is 161 Å². The van der Waals surface area contributed by atoms with Crippen LogP contribution in [0.25, 0.3) is 0 Å². The highest BCUT2D eigenvalue weighted by Gasteiger charge is 2.19. The third-order valence-corrected chi connectivity index (χ3v) is 11.6. The van der Waals surface area contributed by atoms with Gasteiger partial charge in [-0.05, 0) is 31.1 Å². The lowest BCUT2D eigenvalue weighted by molar-refractivity contribution is -0.167. The number of carbonyl (C=O) groups excluding carboxylic acids is 3. The number of ether oxygens (including phenoxy) is 3. The molecule has 0 aromatic heterocycles. The summed E-state index contributed by atoms with van der Waals surface area (Å²) >= 11 is 0. The summed E-state index contributed by atoms with van der Waals surface area (Å²) in [6.07, 6.45) is 42.2. The number of carbonyl (C=O) groups is 3.